The number of hydrogen-bond acceptors (Lipinski definition) is 5. The van der Waals surface area contributed by atoms with E-state index in [0.29, 0.717) is 17.9 Å². The summed E-state index contributed by atoms with van der Waals surface area (Å²) in [7, 11) is 3.94. The molecule has 1 aliphatic heterocycles. The first-order valence-electron chi connectivity index (χ1n) is 11.0. The highest BCUT2D eigenvalue weighted by atomic mass is 16.5. The van der Waals surface area contributed by atoms with Gasteiger partial charge in [0.05, 0.1) is 17.7 Å². The molecule has 1 saturated heterocycles. The largest absolute Gasteiger partial charge is 0.507 e. The van der Waals surface area contributed by atoms with Gasteiger partial charge in [0.2, 0.25) is 0 Å². The number of likely N-dealkylation sites (tertiary alicyclic amines) is 1. The minimum Gasteiger partial charge on any atom is -0.507 e. The Morgan fingerprint density at radius 1 is 1.12 bits per heavy atom. The van der Waals surface area contributed by atoms with Crippen LogP contribution in [0.3, 0.4) is 0 Å². The maximum Gasteiger partial charge on any atom is 0.295 e. The normalized spacial score (nSPS) is 18.1. The van der Waals surface area contributed by atoms with E-state index in [1.54, 1.807) is 29.2 Å². The summed E-state index contributed by atoms with van der Waals surface area (Å²) < 4.78 is 5.74. The van der Waals surface area contributed by atoms with Crippen LogP contribution in [-0.2, 0) is 9.59 Å². The lowest BCUT2D eigenvalue weighted by Crippen LogP contribution is -2.32. The van der Waals surface area contributed by atoms with E-state index in [1.807, 2.05) is 64.0 Å². The number of rotatable bonds is 8. The van der Waals surface area contributed by atoms with Gasteiger partial charge in [-0.25, -0.2) is 0 Å². The number of amides is 1. The van der Waals surface area contributed by atoms with Crippen molar-refractivity contribution in [2.24, 2.45) is 0 Å². The summed E-state index contributed by atoms with van der Waals surface area (Å²) in [5, 5.41) is 11.2. The Morgan fingerprint density at radius 2 is 1.84 bits per heavy atom. The molecular formula is C26H32N2O4. The number of aliphatic hydroxyl groups excluding tert-OH is 1. The minimum atomic E-state index is -0.657. The number of benzene rings is 2. The number of aliphatic hydroxyl groups is 1. The van der Waals surface area contributed by atoms with Gasteiger partial charge in [0.1, 0.15) is 11.5 Å². The summed E-state index contributed by atoms with van der Waals surface area (Å²) in [6, 6.07) is 14.0. The number of hydrogen-bond donors (Lipinski definition) is 1. The molecule has 2 aromatic rings. The summed E-state index contributed by atoms with van der Waals surface area (Å²) >= 11 is 0. The van der Waals surface area contributed by atoms with Crippen molar-refractivity contribution in [3.8, 4) is 5.75 Å². The van der Waals surface area contributed by atoms with Crippen molar-refractivity contribution in [1.29, 1.82) is 0 Å². The zero-order valence-electron chi connectivity index (χ0n) is 19.5. The highest BCUT2D eigenvalue weighted by Crippen LogP contribution is 2.40. The van der Waals surface area contributed by atoms with E-state index in [4.69, 9.17) is 4.74 Å². The third-order valence-electron chi connectivity index (χ3n) is 5.51. The van der Waals surface area contributed by atoms with Crippen LogP contribution in [0.15, 0.2) is 54.1 Å². The van der Waals surface area contributed by atoms with E-state index in [9.17, 15) is 14.7 Å². The van der Waals surface area contributed by atoms with Crippen molar-refractivity contribution in [3.05, 3.63) is 70.8 Å². The Hall–Kier alpha value is -3.12. The van der Waals surface area contributed by atoms with Gasteiger partial charge < -0.3 is 19.6 Å². The quantitative estimate of drug-likeness (QED) is 0.382. The van der Waals surface area contributed by atoms with E-state index >= 15 is 0 Å². The van der Waals surface area contributed by atoms with Gasteiger partial charge in [0.25, 0.3) is 11.7 Å². The lowest BCUT2D eigenvalue weighted by Gasteiger charge is -2.27. The van der Waals surface area contributed by atoms with Crippen LogP contribution in [0.5, 0.6) is 5.75 Å². The number of nitrogens with zero attached hydrogens (tertiary/aromatic N) is 2. The predicted octanol–water partition coefficient (Wildman–Crippen LogP) is 4.16. The first-order valence-corrected chi connectivity index (χ1v) is 11.0. The lowest BCUT2D eigenvalue weighted by atomic mass is 9.92. The van der Waals surface area contributed by atoms with Crippen molar-refractivity contribution in [2.45, 2.75) is 39.3 Å². The van der Waals surface area contributed by atoms with Gasteiger partial charge in [-0.2, -0.15) is 0 Å². The Balaban J connectivity index is 2.10. The Bertz CT molecular complexity index is 1030. The van der Waals surface area contributed by atoms with E-state index in [0.717, 1.165) is 24.1 Å². The molecule has 32 heavy (non-hydrogen) atoms. The summed E-state index contributed by atoms with van der Waals surface area (Å²) in [5.74, 6) is -0.818. The molecule has 3 rings (SSSR count). The second-order valence-electron chi connectivity index (χ2n) is 8.70. The van der Waals surface area contributed by atoms with Crippen molar-refractivity contribution in [1.82, 2.24) is 9.80 Å². The number of ether oxygens (including phenoxy) is 1. The molecule has 0 aromatic heterocycles. The summed E-state index contributed by atoms with van der Waals surface area (Å²) in [5.41, 5.74) is 2.37. The van der Waals surface area contributed by atoms with Crippen molar-refractivity contribution < 1.29 is 19.4 Å². The van der Waals surface area contributed by atoms with Crippen LogP contribution >= 0.6 is 0 Å². The van der Waals surface area contributed by atoms with Gasteiger partial charge in [-0.3, -0.25) is 9.59 Å². The van der Waals surface area contributed by atoms with E-state index in [2.05, 4.69) is 0 Å². The lowest BCUT2D eigenvalue weighted by molar-refractivity contribution is -0.139. The van der Waals surface area contributed by atoms with Crippen LogP contribution < -0.4 is 4.74 Å². The highest BCUT2D eigenvalue weighted by molar-refractivity contribution is 6.46. The summed E-state index contributed by atoms with van der Waals surface area (Å²) in [4.78, 5) is 29.8. The smallest absolute Gasteiger partial charge is 0.295 e. The number of ketones is 1. The van der Waals surface area contributed by atoms with Crippen LogP contribution in [0.4, 0.5) is 0 Å². The molecule has 1 atom stereocenters. The number of Topliss-reactive ketones (excluding diaryl/α,β-unsaturated/α-hetero) is 1. The predicted molar refractivity (Wildman–Crippen MR) is 126 cm³/mol. The van der Waals surface area contributed by atoms with E-state index < -0.39 is 17.7 Å². The van der Waals surface area contributed by atoms with Crippen molar-refractivity contribution in [2.75, 3.05) is 27.2 Å². The molecule has 1 N–H and O–H groups in total. The maximum absolute atomic E-state index is 13.1. The highest BCUT2D eigenvalue weighted by Gasteiger charge is 2.46. The second kappa shape index (κ2) is 10.0. The second-order valence-corrected chi connectivity index (χ2v) is 8.70. The van der Waals surface area contributed by atoms with Crippen LogP contribution in [0.25, 0.3) is 5.76 Å². The summed E-state index contributed by atoms with van der Waals surface area (Å²) in [6.45, 7) is 7.01. The molecule has 0 radical (unpaired) electrons. The molecule has 1 aliphatic rings. The molecular weight excluding hydrogens is 404 g/mol. The molecule has 1 fully saturated rings. The fourth-order valence-corrected chi connectivity index (χ4v) is 4.03. The average Bonchev–Trinajstić information content (AvgIpc) is 2.98. The van der Waals surface area contributed by atoms with Gasteiger partial charge in [0, 0.05) is 12.1 Å². The average molecular weight is 437 g/mol. The molecule has 1 heterocycles. The molecule has 170 valence electrons. The maximum atomic E-state index is 13.1. The minimum absolute atomic E-state index is 0.0263. The third-order valence-corrected chi connectivity index (χ3v) is 5.51. The van der Waals surface area contributed by atoms with E-state index in [-0.39, 0.29) is 17.4 Å². The van der Waals surface area contributed by atoms with Gasteiger partial charge in [-0.15, -0.1) is 0 Å². The topological polar surface area (TPSA) is 70.1 Å². The number of carbonyl (C=O) groups is 2. The Labute approximate surface area is 190 Å². The standard InChI is InChI=1S/C26H32N2O4/c1-17(2)32-20-12-8-11-19(16-20)24(29)22-23(21-13-7-6-10-18(21)3)28(26(31)25(22)30)15-9-14-27(4)5/h6-8,10-13,16-17,23,29H,9,14-15H2,1-5H3/b24-22+. The monoisotopic (exact) mass is 436 g/mol. The van der Waals surface area contributed by atoms with Gasteiger partial charge in [-0.1, -0.05) is 36.4 Å². The van der Waals surface area contributed by atoms with Gasteiger partial charge >= 0.3 is 0 Å². The fourth-order valence-electron chi connectivity index (χ4n) is 4.03. The zero-order valence-corrected chi connectivity index (χ0v) is 19.5. The van der Waals surface area contributed by atoms with Crippen molar-refractivity contribution in [3.63, 3.8) is 0 Å². The van der Waals surface area contributed by atoms with Gasteiger partial charge in [-0.05, 0) is 71.1 Å². The summed E-state index contributed by atoms with van der Waals surface area (Å²) in [6.07, 6.45) is 0.696. The number of aryl methyl sites for hydroxylation is 1. The molecule has 0 spiro atoms. The molecule has 0 bridgehead atoms. The molecule has 6 nitrogen and oxygen atoms in total. The molecule has 0 saturated carbocycles. The molecule has 1 amide bonds. The van der Waals surface area contributed by atoms with Crippen molar-refractivity contribution >= 4 is 17.4 Å². The Morgan fingerprint density at radius 3 is 2.50 bits per heavy atom. The third kappa shape index (κ3) is 5.02. The van der Waals surface area contributed by atoms with Crippen LogP contribution in [0.1, 0.15) is 43.0 Å². The molecule has 2 aromatic carbocycles. The number of carbonyl (C=O) groups excluding carboxylic acids is 2. The Kier molecular flexibility index (Phi) is 7.36. The van der Waals surface area contributed by atoms with Gasteiger partial charge in [0.15, 0.2) is 0 Å². The van der Waals surface area contributed by atoms with Crippen LogP contribution in [0.2, 0.25) is 0 Å². The molecule has 1 unspecified atom stereocenters. The van der Waals surface area contributed by atoms with Crippen LogP contribution in [0, 0.1) is 6.92 Å². The van der Waals surface area contributed by atoms with Crippen LogP contribution in [-0.4, -0.2) is 59.9 Å². The fraction of sp³-hybridized carbons (Fsp3) is 0.385. The SMILES string of the molecule is Cc1ccccc1C1/C(=C(\O)c2cccc(OC(C)C)c2)C(=O)C(=O)N1CCCN(C)C. The molecule has 0 aliphatic carbocycles. The zero-order chi connectivity index (χ0) is 23.4. The van der Waals surface area contributed by atoms with E-state index in [1.165, 1.54) is 0 Å². The first kappa shape index (κ1) is 23.5. The first-order chi connectivity index (χ1) is 15.2. The molecule has 6 heteroatoms.